The summed E-state index contributed by atoms with van der Waals surface area (Å²) in [6, 6.07) is 28.3. The van der Waals surface area contributed by atoms with Crippen LogP contribution in [0, 0.1) is 23.7 Å². The number of hydrogen-bond acceptors (Lipinski definition) is 3. The number of nitrogens with zero attached hydrogens (tertiary/aromatic N) is 2. The van der Waals surface area contributed by atoms with Gasteiger partial charge in [0.2, 0.25) is 6.79 Å². The highest BCUT2D eigenvalue weighted by atomic mass is 19.1. The van der Waals surface area contributed by atoms with Crippen molar-refractivity contribution >= 4 is 5.69 Å². The summed E-state index contributed by atoms with van der Waals surface area (Å²) in [7, 11) is 0. The summed E-state index contributed by atoms with van der Waals surface area (Å²) in [4.78, 5) is 3.39. The lowest BCUT2D eigenvalue weighted by atomic mass is 10.0. The molecule has 4 nitrogen and oxygen atoms in total. The zero-order valence-electron chi connectivity index (χ0n) is 17.0. The highest BCUT2D eigenvalue weighted by Gasteiger charge is 2.08. The van der Waals surface area contributed by atoms with Gasteiger partial charge in [-0.05, 0) is 53.1 Å². The number of ether oxygens (including phenoxy) is 2. The first-order valence-corrected chi connectivity index (χ1v) is 9.80. The quantitative estimate of drug-likeness (QED) is 0.249. The van der Waals surface area contributed by atoms with Gasteiger partial charge in [0.05, 0.1) is 18.2 Å². The van der Waals surface area contributed by atoms with Crippen LogP contribution in [0.4, 0.5) is 10.1 Å². The van der Waals surface area contributed by atoms with E-state index in [0.29, 0.717) is 33.9 Å². The maximum absolute atomic E-state index is 14.5. The minimum atomic E-state index is -0.416. The molecular weight excluding hydrogens is 403 g/mol. The molecule has 0 amide bonds. The molecule has 32 heavy (non-hydrogen) atoms. The van der Waals surface area contributed by atoms with Crippen LogP contribution in [0.1, 0.15) is 5.56 Å². The van der Waals surface area contributed by atoms with Crippen molar-refractivity contribution in [3.05, 3.63) is 114 Å². The molecule has 0 aliphatic rings. The molecule has 0 aromatic heterocycles. The zero-order chi connectivity index (χ0) is 22.3. The number of halogens is 1. The van der Waals surface area contributed by atoms with Crippen molar-refractivity contribution < 1.29 is 13.9 Å². The van der Waals surface area contributed by atoms with Crippen LogP contribution >= 0.6 is 0 Å². The lowest BCUT2D eigenvalue weighted by Crippen LogP contribution is -2.05. The molecule has 154 valence electrons. The fraction of sp³-hybridized carbons (Fsp3) is 0.0370. The molecule has 5 heteroatoms. The molecule has 0 unspecified atom stereocenters. The van der Waals surface area contributed by atoms with Gasteiger partial charge in [-0.25, -0.2) is 9.24 Å². The molecule has 4 rings (SSSR count). The van der Waals surface area contributed by atoms with Crippen molar-refractivity contribution in [1.82, 2.24) is 0 Å². The van der Waals surface area contributed by atoms with E-state index in [0.717, 1.165) is 11.1 Å². The second-order valence-electron chi connectivity index (χ2n) is 6.92. The molecule has 0 N–H and O–H groups in total. The summed E-state index contributed by atoms with van der Waals surface area (Å²) in [5, 5.41) is 8.88. The highest BCUT2D eigenvalue weighted by molar-refractivity contribution is 5.67. The van der Waals surface area contributed by atoms with Gasteiger partial charge in [0.15, 0.2) is 5.69 Å². The van der Waals surface area contributed by atoms with Crippen LogP contribution < -0.4 is 9.47 Å². The van der Waals surface area contributed by atoms with Crippen molar-refractivity contribution in [3.8, 4) is 39.8 Å². The summed E-state index contributed by atoms with van der Waals surface area (Å²) in [6.07, 6.45) is 0. The lowest BCUT2D eigenvalue weighted by molar-refractivity contribution is 0.119. The van der Waals surface area contributed by atoms with E-state index >= 15 is 0 Å². The molecule has 0 saturated carbocycles. The standard InChI is InChI=1S/C27H17FN2O2/c1-30-23-10-6-20(7-11-23)21-8-12-24(13-9-21)31-18-32-25-14-15-26(27(28)16-25)22-4-2-19(17-29)3-5-22/h2-16H,18H2. The van der Waals surface area contributed by atoms with Crippen LogP contribution in [0.3, 0.4) is 0 Å². The average Bonchev–Trinajstić information content (AvgIpc) is 2.85. The van der Waals surface area contributed by atoms with Gasteiger partial charge >= 0.3 is 0 Å². The van der Waals surface area contributed by atoms with E-state index < -0.39 is 5.82 Å². The first-order valence-electron chi connectivity index (χ1n) is 9.80. The third-order valence-electron chi connectivity index (χ3n) is 4.90. The molecule has 0 heterocycles. The second-order valence-corrected chi connectivity index (χ2v) is 6.92. The van der Waals surface area contributed by atoms with Gasteiger partial charge in [-0.1, -0.05) is 48.5 Å². The summed E-state index contributed by atoms with van der Waals surface area (Å²) in [6.45, 7) is 6.95. The smallest absolute Gasteiger partial charge is 0.230 e. The predicted molar refractivity (Wildman–Crippen MR) is 121 cm³/mol. The molecule has 0 saturated heterocycles. The maximum Gasteiger partial charge on any atom is 0.230 e. The van der Waals surface area contributed by atoms with Crippen LogP contribution in [-0.2, 0) is 0 Å². The van der Waals surface area contributed by atoms with E-state index in [1.807, 2.05) is 42.5 Å². The van der Waals surface area contributed by atoms with E-state index in [9.17, 15) is 4.39 Å². The first-order chi connectivity index (χ1) is 15.7. The minimum Gasteiger partial charge on any atom is -0.458 e. The molecule has 0 aliphatic heterocycles. The molecule has 0 atom stereocenters. The van der Waals surface area contributed by atoms with Gasteiger partial charge in [-0.3, -0.25) is 0 Å². The topological polar surface area (TPSA) is 46.6 Å². The van der Waals surface area contributed by atoms with Crippen molar-refractivity contribution in [2.24, 2.45) is 0 Å². The van der Waals surface area contributed by atoms with E-state index in [1.165, 1.54) is 6.07 Å². The van der Waals surface area contributed by atoms with Crippen molar-refractivity contribution in [2.45, 2.75) is 0 Å². The second kappa shape index (κ2) is 9.47. The Kier molecular flexibility index (Phi) is 6.11. The molecule has 4 aromatic rings. The minimum absolute atomic E-state index is 0.0608. The Morgan fingerprint density at radius 2 is 1.31 bits per heavy atom. The van der Waals surface area contributed by atoms with Crippen molar-refractivity contribution in [2.75, 3.05) is 6.79 Å². The molecule has 0 radical (unpaired) electrons. The largest absolute Gasteiger partial charge is 0.458 e. The Balaban J connectivity index is 1.35. The van der Waals surface area contributed by atoms with Crippen molar-refractivity contribution in [1.29, 1.82) is 5.26 Å². The normalized spacial score (nSPS) is 10.1. The predicted octanol–water partition coefficient (Wildman–Crippen LogP) is 7.00. The van der Waals surface area contributed by atoms with Crippen LogP contribution in [0.5, 0.6) is 11.5 Å². The molecule has 0 bridgehead atoms. The molecular formula is C27H17FN2O2. The molecule has 0 spiro atoms. The molecule has 0 fully saturated rings. The highest BCUT2D eigenvalue weighted by Crippen LogP contribution is 2.27. The summed E-state index contributed by atoms with van der Waals surface area (Å²) >= 11 is 0. The molecule has 4 aromatic carbocycles. The van der Waals surface area contributed by atoms with Crippen LogP contribution in [0.15, 0.2) is 91.0 Å². The monoisotopic (exact) mass is 420 g/mol. The number of benzene rings is 4. The zero-order valence-corrected chi connectivity index (χ0v) is 17.0. The van der Waals surface area contributed by atoms with Crippen LogP contribution in [0.2, 0.25) is 0 Å². The fourth-order valence-corrected chi connectivity index (χ4v) is 3.18. The van der Waals surface area contributed by atoms with Gasteiger partial charge in [0.25, 0.3) is 0 Å². The average molecular weight is 420 g/mol. The Morgan fingerprint density at radius 3 is 1.91 bits per heavy atom. The summed E-state index contributed by atoms with van der Waals surface area (Å²) in [5.74, 6) is 0.568. The Morgan fingerprint density at radius 1 is 0.750 bits per heavy atom. The fourth-order valence-electron chi connectivity index (χ4n) is 3.18. The van der Waals surface area contributed by atoms with Gasteiger partial charge < -0.3 is 9.47 Å². The Labute approximate surface area is 185 Å². The Bertz CT molecular complexity index is 1300. The van der Waals surface area contributed by atoms with Gasteiger partial charge in [-0.2, -0.15) is 5.26 Å². The van der Waals surface area contributed by atoms with E-state index in [-0.39, 0.29) is 6.79 Å². The van der Waals surface area contributed by atoms with Gasteiger partial charge in [0, 0.05) is 11.6 Å². The maximum atomic E-state index is 14.5. The van der Waals surface area contributed by atoms with Gasteiger partial charge in [0.1, 0.15) is 17.3 Å². The van der Waals surface area contributed by atoms with E-state index in [2.05, 4.69) is 4.85 Å². The molecule has 0 aliphatic carbocycles. The Hall–Kier alpha value is -4.61. The lowest BCUT2D eigenvalue weighted by Gasteiger charge is -2.11. The van der Waals surface area contributed by atoms with E-state index in [4.69, 9.17) is 21.3 Å². The van der Waals surface area contributed by atoms with Crippen LogP contribution in [-0.4, -0.2) is 6.79 Å². The first kappa shape index (κ1) is 20.7. The van der Waals surface area contributed by atoms with E-state index in [1.54, 1.807) is 48.5 Å². The number of hydrogen-bond donors (Lipinski definition) is 0. The number of nitriles is 1. The number of rotatable bonds is 6. The van der Waals surface area contributed by atoms with Gasteiger partial charge in [-0.15, -0.1) is 0 Å². The third kappa shape index (κ3) is 4.75. The van der Waals surface area contributed by atoms with Crippen LogP contribution in [0.25, 0.3) is 27.1 Å². The summed E-state index contributed by atoms with van der Waals surface area (Å²) < 4.78 is 25.6. The SMILES string of the molecule is [C-]#[N+]c1ccc(-c2ccc(OCOc3ccc(-c4ccc(C#N)cc4)c(F)c3)cc2)cc1. The van der Waals surface area contributed by atoms with Crippen molar-refractivity contribution in [3.63, 3.8) is 0 Å². The third-order valence-corrected chi connectivity index (χ3v) is 4.90. The summed E-state index contributed by atoms with van der Waals surface area (Å²) in [5.41, 5.74) is 4.27.